The molecule has 0 amide bonds. The zero-order valence-electron chi connectivity index (χ0n) is 17.9. The standard InChI is InChI=1S/C21H25N5O5S/c1-29-17-7-5-16(6-8-17)13-25(14-18-4-3-11-31-18)32(27,28)19-9-10-20(21(12-19)30-2)26-15-22-23-24-26/h5-10,12,15,18H,3-4,11,13-14H2,1-2H3/t18-/m1/s1. The van der Waals surface area contributed by atoms with Gasteiger partial charge in [-0.1, -0.05) is 12.1 Å². The number of tetrazole rings is 1. The maximum Gasteiger partial charge on any atom is 0.243 e. The van der Waals surface area contributed by atoms with Gasteiger partial charge >= 0.3 is 0 Å². The number of nitrogens with zero attached hydrogens (tertiary/aromatic N) is 5. The predicted octanol–water partition coefficient (Wildman–Crippen LogP) is 2.05. The van der Waals surface area contributed by atoms with Gasteiger partial charge in [0.2, 0.25) is 10.0 Å². The lowest BCUT2D eigenvalue weighted by molar-refractivity contribution is 0.0926. The van der Waals surface area contributed by atoms with Gasteiger partial charge in [0.15, 0.2) is 0 Å². The first-order chi connectivity index (χ1) is 15.5. The van der Waals surface area contributed by atoms with Crippen molar-refractivity contribution in [2.75, 3.05) is 27.4 Å². The summed E-state index contributed by atoms with van der Waals surface area (Å²) >= 11 is 0. The zero-order chi connectivity index (χ0) is 22.6. The Morgan fingerprint density at radius 1 is 1.16 bits per heavy atom. The molecule has 32 heavy (non-hydrogen) atoms. The summed E-state index contributed by atoms with van der Waals surface area (Å²) in [6, 6.07) is 12.0. The molecule has 0 spiro atoms. The number of hydrogen-bond acceptors (Lipinski definition) is 8. The third-order valence-electron chi connectivity index (χ3n) is 5.33. The molecule has 1 fully saturated rings. The van der Waals surface area contributed by atoms with Crippen molar-refractivity contribution < 1.29 is 22.6 Å². The van der Waals surface area contributed by atoms with Crippen LogP contribution in [0.25, 0.3) is 5.69 Å². The molecule has 11 heteroatoms. The number of ether oxygens (including phenoxy) is 3. The summed E-state index contributed by atoms with van der Waals surface area (Å²) in [6.07, 6.45) is 3.04. The van der Waals surface area contributed by atoms with E-state index in [1.54, 1.807) is 13.2 Å². The lowest BCUT2D eigenvalue weighted by Gasteiger charge is -2.25. The minimum absolute atomic E-state index is 0.123. The normalized spacial score (nSPS) is 16.4. The SMILES string of the molecule is COc1ccc(CN(C[C@H]2CCCO2)S(=O)(=O)c2ccc(-n3cnnn3)c(OC)c2)cc1. The molecule has 4 rings (SSSR count). The summed E-state index contributed by atoms with van der Waals surface area (Å²) in [4.78, 5) is 0.123. The Balaban J connectivity index is 1.66. The van der Waals surface area contributed by atoms with Crippen LogP contribution in [0.2, 0.25) is 0 Å². The number of methoxy groups -OCH3 is 2. The van der Waals surface area contributed by atoms with Crippen LogP contribution >= 0.6 is 0 Å². The van der Waals surface area contributed by atoms with Gasteiger partial charge in [-0.25, -0.2) is 8.42 Å². The molecule has 1 atom stereocenters. The van der Waals surface area contributed by atoms with E-state index < -0.39 is 10.0 Å². The lowest BCUT2D eigenvalue weighted by Crippen LogP contribution is -2.37. The van der Waals surface area contributed by atoms with E-state index in [9.17, 15) is 8.42 Å². The summed E-state index contributed by atoms with van der Waals surface area (Å²) in [5.41, 5.74) is 1.39. The largest absolute Gasteiger partial charge is 0.497 e. The van der Waals surface area contributed by atoms with E-state index >= 15 is 0 Å². The van der Waals surface area contributed by atoms with Crippen LogP contribution < -0.4 is 9.47 Å². The highest BCUT2D eigenvalue weighted by molar-refractivity contribution is 7.89. The van der Waals surface area contributed by atoms with Crippen molar-refractivity contribution in [3.05, 3.63) is 54.4 Å². The fourth-order valence-electron chi connectivity index (χ4n) is 3.63. The number of aromatic nitrogens is 4. The molecule has 170 valence electrons. The van der Waals surface area contributed by atoms with Crippen molar-refractivity contribution in [2.45, 2.75) is 30.4 Å². The third kappa shape index (κ3) is 4.74. The van der Waals surface area contributed by atoms with E-state index in [0.29, 0.717) is 23.8 Å². The average Bonchev–Trinajstić information content (AvgIpc) is 3.53. The van der Waals surface area contributed by atoms with E-state index in [1.807, 2.05) is 24.3 Å². The Morgan fingerprint density at radius 2 is 1.97 bits per heavy atom. The first-order valence-electron chi connectivity index (χ1n) is 10.2. The highest BCUT2D eigenvalue weighted by Crippen LogP contribution is 2.29. The zero-order valence-corrected chi connectivity index (χ0v) is 18.7. The second-order valence-electron chi connectivity index (χ2n) is 7.37. The molecule has 0 bridgehead atoms. The monoisotopic (exact) mass is 459 g/mol. The second-order valence-corrected chi connectivity index (χ2v) is 9.31. The first-order valence-corrected chi connectivity index (χ1v) is 11.6. The molecule has 0 aliphatic carbocycles. The highest BCUT2D eigenvalue weighted by Gasteiger charge is 2.30. The average molecular weight is 460 g/mol. The van der Waals surface area contributed by atoms with Crippen LogP contribution in [0.1, 0.15) is 18.4 Å². The molecule has 1 aliphatic heterocycles. The van der Waals surface area contributed by atoms with Gasteiger partial charge in [0, 0.05) is 25.8 Å². The van der Waals surface area contributed by atoms with E-state index in [-0.39, 0.29) is 24.1 Å². The molecule has 0 saturated carbocycles. The van der Waals surface area contributed by atoms with Gasteiger partial charge < -0.3 is 14.2 Å². The van der Waals surface area contributed by atoms with Crippen molar-refractivity contribution in [1.82, 2.24) is 24.5 Å². The van der Waals surface area contributed by atoms with E-state index in [1.165, 1.54) is 34.6 Å². The van der Waals surface area contributed by atoms with Crippen LogP contribution in [0.15, 0.2) is 53.7 Å². The van der Waals surface area contributed by atoms with Crippen LogP contribution in [-0.4, -0.2) is 66.4 Å². The quantitative estimate of drug-likeness (QED) is 0.478. The molecular formula is C21H25N5O5S. The predicted molar refractivity (Wildman–Crippen MR) is 115 cm³/mol. The Morgan fingerprint density at radius 3 is 2.59 bits per heavy atom. The number of sulfonamides is 1. The van der Waals surface area contributed by atoms with Gasteiger partial charge in [-0.15, -0.1) is 5.10 Å². The molecule has 0 N–H and O–H groups in total. The summed E-state index contributed by atoms with van der Waals surface area (Å²) in [6.45, 7) is 1.13. The van der Waals surface area contributed by atoms with Gasteiger partial charge in [0.25, 0.3) is 0 Å². The molecular weight excluding hydrogens is 434 g/mol. The van der Waals surface area contributed by atoms with E-state index in [2.05, 4.69) is 15.5 Å². The van der Waals surface area contributed by atoms with Crippen molar-refractivity contribution in [3.8, 4) is 17.2 Å². The van der Waals surface area contributed by atoms with Gasteiger partial charge in [-0.05, 0) is 53.1 Å². The number of hydrogen-bond donors (Lipinski definition) is 0. The van der Waals surface area contributed by atoms with Crippen molar-refractivity contribution in [2.24, 2.45) is 0 Å². The van der Waals surface area contributed by atoms with Gasteiger partial charge in [0.05, 0.1) is 25.2 Å². The van der Waals surface area contributed by atoms with Crippen molar-refractivity contribution >= 4 is 10.0 Å². The van der Waals surface area contributed by atoms with Crippen LogP contribution in [0.5, 0.6) is 11.5 Å². The topological polar surface area (TPSA) is 109 Å². The lowest BCUT2D eigenvalue weighted by atomic mass is 10.2. The van der Waals surface area contributed by atoms with E-state index in [4.69, 9.17) is 14.2 Å². The van der Waals surface area contributed by atoms with Gasteiger partial charge in [0.1, 0.15) is 23.5 Å². The summed E-state index contributed by atoms with van der Waals surface area (Å²) in [5.74, 6) is 1.06. The van der Waals surface area contributed by atoms with Gasteiger partial charge in [-0.3, -0.25) is 0 Å². The summed E-state index contributed by atoms with van der Waals surface area (Å²) in [5, 5.41) is 11.1. The number of benzene rings is 2. The molecule has 2 aromatic carbocycles. The molecule has 1 aliphatic rings. The molecule has 3 aromatic rings. The highest BCUT2D eigenvalue weighted by atomic mass is 32.2. The van der Waals surface area contributed by atoms with Crippen molar-refractivity contribution in [3.63, 3.8) is 0 Å². The Hall–Kier alpha value is -3.02. The smallest absolute Gasteiger partial charge is 0.243 e. The minimum Gasteiger partial charge on any atom is -0.497 e. The van der Waals surface area contributed by atoms with Crippen LogP contribution in [0.4, 0.5) is 0 Å². The number of rotatable bonds is 9. The van der Waals surface area contributed by atoms with Crippen LogP contribution in [0, 0.1) is 0 Å². The maximum atomic E-state index is 13.7. The van der Waals surface area contributed by atoms with E-state index in [0.717, 1.165) is 18.4 Å². The molecule has 1 aromatic heterocycles. The summed E-state index contributed by atoms with van der Waals surface area (Å²) < 4.78 is 46.5. The second kappa shape index (κ2) is 9.63. The van der Waals surface area contributed by atoms with Crippen molar-refractivity contribution in [1.29, 1.82) is 0 Å². The maximum absolute atomic E-state index is 13.7. The Kier molecular flexibility index (Phi) is 6.68. The molecule has 2 heterocycles. The Bertz CT molecular complexity index is 1130. The van der Waals surface area contributed by atoms with Gasteiger partial charge in [-0.2, -0.15) is 8.99 Å². The minimum atomic E-state index is -3.84. The van der Waals surface area contributed by atoms with Crippen LogP contribution in [-0.2, 0) is 21.3 Å². The first kappa shape index (κ1) is 22.2. The molecule has 0 unspecified atom stereocenters. The third-order valence-corrected chi connectivity index (χ3v) is 7.14. The fourth-order valence-corrected chi connectivity index (χ4v) is 5.10. The molecule has 1 saturated heterocycles. The summed E-state index contributed by atoms with van der Waals surface area (Å²) in [7, 11) is -0.773. The fraction of sp³-hybridized carbons (Fsp3) is 0.381. The molecule has 0 radical (unpaired) electrons. The van der Waals surface area contributed by atoms with Crippen LogP contribution in [0.3, 0.4) is 0 Å². The molecule has 10 nitrogen and oxygen atoms in total. The Labute approximate surface area is 186 Å².